The van der Waals surface area contributed by atoms with Crippen LogP contribution in [-0.2, 0) is 11.3 Å². The van der Waals surface area contributed by atoms with Crippen molar-refractivity contribution >= 4 is 17.8 Å². The van der Waals surface area contributed by atoms with Crippen LogP contribution in [0.3, 0.4) is 0 Å². The number of nitrogens with zero attached hydrogens (tertiary/aromatic N) is 1. The molecule has 3 rings (SSSR count). The fourth-order valence-electron chi connectivity index (χ4n) is 2.40. The van der Waals surface area contributed by atoms with Crippen LogP contribution in [0, 0.1) is 0 Å². The summed E-state index contributed by atoms with van der Waals surface area (Å²) in [4.78, 5) is 12.0. The molecule has 0 bridgehead atoms. The van der Waals surface area contributed by atoms with Crippen LogP contribution in [0.2, 0.25) is 0 Å². The van der Waals surface area contributed by atoms with Crippen molar-refractivity contribution in [3.63, 3.8) is 0 Å². The minimum atomic E-state index is -0.173. The zero-order chi connectivity index (χ0) is 18.7. The molecule has 0 radical (unpaired) electrons. The van der Waals surface area contributed by atoms with Crippen molar-refractivity contribution in [2.45, 2.75) is 6.54 Å². The third-order valence-electron chi connectivity index (χ3n) is 3.78. The Kier molecular flexibility index (Phi) is 6.59. The molecule has 0 spiro atoms. The average molecular weight is 359 g/mol. The van der Waals surface area contributed by atoms with Crippen LogP contribution >= 0.6 is 0 Å². The Labute approximate surface area is 158 Å². The number of anilines is 1. The van der Waals surface area contributed by atoms with Crippen molar-refractivity contribution < 1.29 is 9.53 Å². The van der Waals surface area contributed by atoms with E-state index in [0.717, 1.165) is 16.8 Å². The maximum Gasteiger partial charge on any atom is 0.258 e. The van der Waals surface area contributed by atoms with Gasteiger partial charge < -0.3 is 10.1 Å². The van der Waals surface area contributed by atoms with E-state index in [2.05, 4.69) is 15.8 Å². The van der Waals surface area contributed by atoms with Crippen LogP contribution < -0.4 is 15.5 Å². The van der Waals surface area contributed by atoms with E-state index in [9.17, 15) is 4.79 Å². The highest BCUT2D eigenvalue weighted by Crippen LogP contribution is 2.16. The van der Waals surface area contributed by atoms with Crippen LogP contribution in [0.4, 0.5) is 5.69 Å². The Morgan fingerprint density at radius 1 is 0.889 bits per heavy atom. The minimum absolute atomic E-state index is 0.0518. The van der Waals surface area contributed by atoms with Gasteiger partial charge in [0.15, 0.2) is 6.61 Å². The second kappa shape index (κ2) is 9.77. The van der Waals surface area contributed by atoms with Gasteiger partial charge in [-0.05, 0) is 29.8 Å². The number of hydrogen-bond donors (Lipinski definition) is 2. The molecule has 1 amide bonds. The zero-order valence-corrected chi connectivity index (χ0v) is 14.8. The highest BCUT2D eigenvalue weighted by atomic mass is 16.5. The van der Waals surface area contributed by atoms with E-state index in [0.29, 0.717) is 12.3 Å². The highest BCUT2D eigenvalue weighted by molar-refractivity contribution is 5.84. The highest BCUT2D eigenvalue weighted by Gasteiger charge is 2.05. The first-order chi connectivity index (χ1) is 13.3. The number of hydrogen-bond acceptors (Lipinski definition) is 4. The molecule has 0 saturated heterocycles. The summed E-state index contributed by atoms with van der Waals surface area (Å²) in [7, 11) is 0. The fourth-order valence-corrected chi connectivity index (χ4v) is 2.40. The second-order valence-electron chi connectivity index (χ2n) is 5.82. The Bertz CT molecular complexity index is 880. The molecule has 0 atom stereocenters. The van der Waals surface area contributed by atoms with Crippen molar-refractivity contribution in [3.8, 4) is 5.75 Å². The summed E-state index contributed by atoms with van der Waals surface area (Å²) >= 11 is 0. The van der Waals surface area contributed by atoms with Gasteiger partial charge in [0.25, 0.3) is 5.91 Å². The maximum absolute atomic E-state index is 12.0. The van der Waals surface area contributed by atoms with E-state index in [1.54, 1.807) is 6.21 Å². The maximum atomic E-state index is 12.0. The Morgan fingerprint density at radius 2 is 1.56 bits per heavy atom. The summed E-state index contributed by atoms with van der Waals surface area (Å²) < 4.78 is 5.66. The number of amides is 1. The van der Waals surface area contributed by atoms with E-state index in [-0.39, 0.29) is 12.5 Å². The molecule has 0 aliphatic carbocycles. The topological polar surface area (TPSA) is 62.7 Å². The molecule has 0 saturated carbocycles. The van der Waals surface area contributed by atoms with Gasteiger partial charge in [-0.2, -0.15) is 5.10 Å². The fraction of sp³-hybridized carbons (Fsp3) is 0.0909. The average Bonchev–Trinajstić information content (AvgIpc) is 2.73. The smallest absolute Gasteiger partial charge is 0.258 e. The number of rotatable bonds is 8. The molecular formula is C22H21N3O2. The SMILES string of the molecule is O=C(COc1ccccc1C=NNc1ccccc1)NCc1ccccc1. The third kappa shape index (κ3) is 6.01. The summed E-state index contributed by atoms with van der Waals surface area (Å²) in [5.74, 6) is 0.430. The monoisotopic (exact) mass is 359 g/mol. The Hall–Kier alpha value is -3.60. The lowest BCUT2D eigenvalue weighted by atomic mass is 10.2. The number of ether oxygens (including phenoxy) is 1. The molecule has 3 aromatic carbocycles. The van der Waals surface area contributed by atoms with Gasteiger partial charge in [0.05, 0.1) is 11.9 Å². The molecule has 5 heteroatoms. The first kappa shape index (κ1) is 18.2. The Morgan fingerprint density at radius 3 is 2.33 bits per heavy atom. The van der Waals surface area contributed by atoms with Gasteiger partial charge in [0, 0.05) is 12.1 Å². The van der Waals surface area contributed by atoms with Gasteiger partial charge in [-0.25, -0.2) is 0 Å². The van der Waals surface area contributed by atoms with Gasteiger partial charge in [0.2, 0.25) is 0 Å². The molecule has 136 valence electrons. The molecule has 0 aromatic heterocycles. The zero-order valence-electron chi connectivity index (χ0n) is 14.8. The van der Waals surface area contributed by atoms with Gasteiger partial charge in [-0.1, -0.05) is 60.7 Å². The number of benzene rings is 3. The molecule has 0 heterocycles. The first-order valence-electron chi connectivity index (χ1n) is 8.68. The van der Waals surface area contributed by atoms with Gasteiger partial charge in [-0.15, -0.1) is 0 Å². The lowest BCUT2D eigenvalue weighted by molar-refractivity contribution is -0.123. The van der Waals surface area contributed by atoms with Crippen LogP contribution in [-0.4, -0.2) is 18.7 Å². The van der Waals surface area contributed by atoms with E-state index in [4.69, 9.17) is 4.74 Å². The molecule has 2 N–H and O–H groups in total. The van der Waals surface area contributed by atoms with E-state index >= 15 is 0 Å². The normalized spacial score (nSPS) is 10.5. The van der Waals surface area contributed by atoms with Crippen molar-refractivity contribution in [2.75, 3.05) is 12.0 Å². The number of hydrazone groups is 1. The van der Waals surface area contributed by atoms with Crippen molar-refractivity contribution in [3.05, 3.63) is 96.1 Å². The number of carbonyl (C=O) groups excluding carboxylic acids is 1. The number of para-hydroxylation sites is 2. The van der Waals surface area contributed by atoms with Crippen LogP contribution in [0.5, 0.6) is 5.75 Å². The minimum Gasteiger partial charge on any atom is -0.483 e. The number of carbonyl (C=O) groups is 1. The van der Waals surface area contributed by atoms with Gasteiger partial charge in [-0.3, -0.25) is 10.2 Å². The second-order valence-corrected chi connectivity index (χ2v) is 5.82. The largest absolute Gasteiger partial charge is 0.483 e. The molecule has 5 nitrogen and oxygen atoms in total. The molecule has 0 unspecified atom stereocenters. The van der Waals surface area contributed by atoms with Crippen LogP contribution in [0.1, 0.15) is 11.1 Å². The molecule has 0 aliphatic rings. The van der Waals surface area contributed by atoms with E-state index < -0.39 is 0 Å². The predicted octanol–water partition coefficient (Wildman–Crippen LogP) is 3.83. The van der Waals surface area contributed by atoms with E-state index in [1.165, 1.54) is 0 Å². The lowest BCUT2D eigenvalue weighted by Gasteiger charge is -2.09. The van der Waals surface area contributed by atoms with Crippen LogP contribution in [0.15, 0.2) is 90.0 Å². The first-order valence-corrected chi connectivity index (χ1v) is 8.68. The summed E-state index contributed by atoms with van der Waals surface area (Å²) in [5, 5.41) is 7.06. The predicted molar refractivity (Wildman–Crippen MR) is 108 cm³/mol. The van der Waals surface area contributed by atoms with Crippen LogP contribution in [0.25, 0.3) is 0 Å². The number of nitrogens with one attached hydrogen (secondary N) is 2. The molecular weight excluding hydrogens is 338 g/mol. The lowest BCUT2D eigenvalue weighted by Crippen LogP contribution is -2.28. The third-order valence-corrected chi connectivity index (χ3v) is 3.78. The summed E-state index contributed by atoms with van der Waals surface area (Å²) in [6.45, 7) is 0.428. The molecule has 0 fully saturated rings. The molecule has 0 aliphatic heterocycles. The summed E-state index contributed by atoms with van der Waals surface area (Å²) in [6, 6.07) is 26.9. The molecule has 3 aromatic rings. The Balaban J connectivity index is 1.52. The quantitative estimate of drug-likeness (QED) is 0.475. The van der Waals surface area contributed by atoms with Crippen molar-refractivity contribution in [1.29, 1.82) is 0 Å². The van der Waals surface area contributed by atoms with Gasteiger partial charge >= 0.3 is 0 Å². The summed E-state index contributed by atoms with van der Waals surface area (Å²) in [6.07, 6.45) is 1.67. The van der Waals surface area contributed by atoms with E-state index in [1.807, 2.05) is 84.9 Å². The summed E-state index contributed by atoms with van der Waals surface area (Å²) in [5.41, 5.74) is 5.69. The van der Waals surface area contributed by atoms with Crippen molar-refractivity contribution in [2.24, 2.45) is 5.10 Å². The standard InChI is InChI=1S/C22H21N3O2/c26-22(23-15-18-9-3-1-4-10-18)17-27-21-14-8-7-11-19(21)16-24-25-20-12-5-2-6-13-20/h1-14,16,25H,15,17H2,(H,23,26). The molecule has 27 heavy (non-hydrogen) atoms. The van der Waals surface area contributed by atoms with Gasteiger partial charge in [0.1, 0.15) is 5.75 Å². The van der Waals surface area contributed by atoms with Crippen molar-refractivity contribution in [1.82, 2.24) is 5.32 Å².